The number of aromatic nitrogens is 3. The lowest BCUT2D eigenvalue weighted by atomic mass is 10.1. The normalized spacial score (nSPS) is 12.8. The molecule has 7 nitrogen and oxygen atoms in total. The van der Waals surface area contributed by atoms with Crippen LogP contribution in [-0.2, 0) is 0 Å². The fourth-order valence-electron chi connectivity index (χ4n) is 1.55. The first-order valence-corrected chi connectivity index (χ1v) is 6.47. The van der Waals surface area contributed by atoms with E-state index in [4.69, 9.17) is 10.5 Å². The summed E-state index contributed by atoms with van der Waals surface area (Å²) in [7, 11) is 0. The summed E-state index contributed by atoms with van der Waals surface area (Å²) in [5, 5.41) is 12.7. The summed E-state index contributed by atoms with van der Waals surface area (Å²) in [4.78, 5) is 11.9. The summed E-state index contributed by atoms with van der Waals surface area (Å²) >= 11 is 0. The van der Waals surface area contributed by atoms with Crippen LogP contribution in [0, 0.1) is 5.92 Å². The number of anilines is 2. The number of aliphatic hydroxyl groups excluding tert-OH is 1. The summed E-state index contributed by atoms with van der Waals surface area (Å²) in [6, 6.07) is 0.184. The molecule has 0 aliphatic heterocycles. The second-order valence-electron chi connectivity index (χ2n) is 5.13. The van der Waals surface area contributed by atoms with Crippen LogP contribution in [0.2, 0.25) is 0 Å². The molecule has 0 bridgehead atoms. The van der Waals surface area contributed by atoms with E-state index in [2.05, 4.69) is 34.1 Å². The maximum Gasteiger partial charge on any atom is 0.323 e. The molecule has 1 heterocycles. The number of nitrogens with two attached hydrogens (primary N) is 1. The maximum atomic E-state index is 9.77. The van der Waals surface area contributed by atoms with Crippen LogP contribution in [0.4, 0.5) is 11.9 Å². The van der Waals surface area contributed by atoms with Gasteiger partial charge in [-0.3, -0.25) is 0 Å². The van der Waals surface area contributed by atoms with E-state index >= 15 is 0 Å². The Hall–Kier alpha value is -1.63. The van der Waals surface area contributed by atoms with Crippen LogP contribution >= 0.6 is 0 Å². The van der Waals surface area contributed by atoms with E-state index in [1.807, 2.05) is 13.8 Å². The van der Waals surface area contributed by atoms with E-state index in [1.165, 1.54) is 0 Å². The monoisotopic (exact) mass is 269 g/mol. The van der Waals surface area contributed by atoms with Gasteiger partial charge in [0.1, 0.15) is 0 Å². The van der Waals surface area contributed by atoms with E-state index < -0.39 is 6.10 Å². The highest BCUT2D eigenvalue weighted by Gasteiger charge is 2.10. The Kier molecular flexibility index (Phi) is 5.75. The van der Waals surface area contributed by atoms with Gasteiger partial charge in [0.05, 0.1) is 12.2 Å². The minimum Gasteiger partial charge on any atom is -0.461 e. The molecule has 4 N–H and O–H groups in total. The lowest BCUT2D eigenvalue weighted by Crippen LogP contribution is -2.22. The standard InChI is InChI=1S/C12H23N5O2/c1-7(2)5-9(18)6-14-11-15-10(13)16-12(17-11)19-8(3)4/h7-9,18H,5-6H2,1-4H3,(H3,13,14,15,16,17). The Labute approximate surface area is 113 Å². The van der Waals surface area contributed by atoms with Gasteiger partial charge in [-0.05, 0) is 26.2 Å². The van der Waals surface area contributed by atoms with E-state index in [0.717, 1.165) is 0 Å². The smallest absolute Gasteiger partial charge is 0.323 e. The van der Waals surface area contributed by atoms with Crippen molar-refractivity contribution >= 4 is 11.9 Å². The highest BCUT2D eigenvalue weighted by Crippen LogP contribution is 2.11. The topological polar surface area (TPSA) is 106 Å². The van der Waals surface area contributed by atoms with Crippen molar-refractivity contribution in [1.82, 2.24) is 15.0 Å². The summed E-state index contributed by atoms with van der Waals surface area (Å²) in [6.07, 6.45) is 0.219. The summed E-state index contributed by atoms with van der Waals surface area (Å²) in [5.41, 5.74) is 5.58. The van der Waals surface area contributed by atoms with Gasteiger partial charge in [0.25, 0.3) is 0 Å². The average Bonchev–Trinajstić information content (AvgIpc) is 2.23. The predicted octanol–water partition coefficient (Wildman–Crippen LogP) is 1.06. The van der Waals surface area contributed by atoms with Crippen molar-refractivity contribution in [3.63, 3.8) is 0 Å². The average molecular weight is 269 g/mol. The third-order valence-electron chi connectivity index (χ3n) is 2.21. The zero-order valence-electron chi connectivity index (χ0n) is 11.9. The Morgan fingerprint density at radius 2 is 1.89 bits per heavy atom. The van der Waals surface area contributed by atoms with Gasteiger partial charge in [-0.25, -0.2) is 0 Å². The molecule has 1 rings (SSSR count). The van der Waals surface area contributed by atoms with Crippen LogP contribution in [0.25, 0.3) is 0 Å². The number of hydrogen-bond acceptors (Lipinski definition) is 7. The number of nitrogens with zero attached hydrogens (tertiary/aromatic N) is 3. The molecule has 7 heteroatoms. The number of ether oxygens (including phenoxy) is 1. The first kappa shape index (κ1) is 15.4. The van der Waals surface area contributed by atoms with Crippen LogP contribution in [0.1, 0.15) is 34.1 Å². The molecular formula is C12H23N5O2. The number of nitrogen functional groups attached to an aromatic ring is 1. The minimum absolute atomic E-state index is 0.0406. The van der Waals surface area contributed by atoms with Crippen molar-refractivity contribution in [3.05, 3.63) is 0 Å². The quantitative estimate of drug-likeness (QED) is 0.679. The molecule has 0 amide bonds. The molecule has 19 heavy (non-hydrogen) atoms. The molecule has 0 aliphatic rings. The molecule has 1 atom stereocenters. The van der Waals surface area contributed by atoms with E-state index in [9.17, 15) is 5.11 Å². The van der Waals surface area contributed by atoms with Crippen molar-refractivity contribution in [2.75, 3.05) is 17.6 Å². The largest absolute Gasteiger partial charge is 0.461 e. The molecule has 0 aromatic carbocycles. The number of nitrogens with one attached hydrogen (secondary N) is 1. The van der Waals surface area contributed by atoms with E-state index in [0.29, 0.717) is 24.8 Å². The molecule has 0 saturated heterocycles. The SMILES string of the molecule is CC(C)CC(O)CNc1nc(N)nc(OC(C)C)n1. The number of aliphatic hydroxyl groups is 1. The molecule has 0 fully saturated rings. The molecule has 1 unspecified atom stereocenters. The van der Waals surface area contributed by atoms with Crippen LogP contribution in [0.15, 0.2) is 0 Å². The van der Waals surface area contributed by atoms with Gasteiger partial charge in [0.2, 0.25) is 11.9 Å². The van der Waals surface area contributed by atoms with Crippen LogP contribution in [-0.4, -0.2) is 38.8 Å². The molecule has 108 valence electrons. The molecule has 1 aromatic rings. The molecule has 0 saturated carbocycles. The van der Waals surface area contributed by atoms with Crippen LogP contribution < -0.4 is 15.8 Å². The summed E-state index contributed by atoms with van der Waals surface area (Å²) in [6.45, 7) is 8.22. The van der Waals surface area contributed by atoms with Gasteiger partial charge >= 0.3 is 6.01 Å². The van der Waals surface area contributed by atoms with Crippen LogP contribution in [0.5, 0.6) is 6.01 Å². The fourth-order valence-corrected chi connectivity index (χ4v) is 1.55. The van der Waals surface area contributed by atoms with Gasteiger partial charge in [-0.15, -0.1) is 0 Å². The Morgan fingerprint density at radius 1 is 1.21 bits per heavy atom. The zero-order valence-corrected chi connectivity index (χ0v) is 11.9. The van der Waals surface area contributed by atoms with Crippen LogP contribution in [0.3, 0.4) is 0 Å². The molecular weight excluding hydrogens is 246 g/mol. The third kappa shape index (κ3) is 6.19. The molecule has 0 aliphatic carbocycles. The Bertz CT molecular complexity index is 398. The van der Waals surface area contributed by atoms with Gasteiger partial charge in [0, 0.05) is 6.54 Å². The van der Waals surface area contributed by atoms with Gasteiger partial charge in [0.15, 0.2) is 0 Å². The lowest BCUT2D eigenvalue weighted by Gasteiger charge is -2.14. The highest BCUT2D eigenvalue weighted by molar-refractivity contribution is 5.32. The fraction of sp³-hybridized carbons (Fsp3) is 0.750. The second-order valence-corrected chi connectivity index (χ2v) is 5.13. The first-order valence-electron chi connectivity index (χ1n) is 6.47. The zero-order chi connectivity index (χ0) is 14.4. The van der Waals surface area contributed by atoms with Crippen molar-refractivity contribution < 1.29 is 9.84 Å². The van der Waals surface area contributed by atoms with Crippen molar-refractivity contribution in [2.45, 2.75) is 46.3 Å². The molecule has 0 radical (unpaired) electrons. The van der Waals surface area contributed by atoms with Crippen molar-refractivity contribution in [3.8, 4) is 6.01 Å². The first-order chi connectivity index (χ1) is 8.86. The van der Waals surface area contributed by atoms with Crippen molar-refractivity contribution in [1.29, 1.82) is 0 Å². The summed E-state index contributed by atoms with van der Waals surface area (Å²) in [5.74, 6) is 0.831. The minimum atomic E-state index is -0.451. The van der Waals surface area contributed by atoms with Gasteiger partial charge in [-0.1, -0.05) is 13.8 Å². The Morgan fingerprint density at radius 3 is 2.47 bits per heavy atom. The number of hydrogen-bond donors (Lipinski definition) is 3. The van der Waals surface area contributed by atoms with E-state index in [1.54, 1.807) is 0 Å². The highest BCUT2D eigenvalue weighted by atomic mass is 16.5. The lowest BCUT2D eigenvalue weighted by molar-refractivity contribution is 0.161. The molecule has 1 aromatic heterocycles. The van der Waals surface area contributed by atoms with Gasteiger partial charge < -0.3 is 20.9 Å². The Balaban J connectivity index is 2.60. The predicted molar refractivity (Wildman–Crippen MR) is 74.0 cm³/mol. The number of rotatable bonds is 7. The summed E-state index contributed by atoms with van der Waals surface area (Å²) < 4.78 is 5.36. The van der Waals surface area contributed by atoms with Gasteiger partial charge in [-0.2, -0.15) is 15.0 Å². The third-order valence-corrected chi connectivity index (χ3v) is 2.21. The maximum absolute atomic E-state index is 9.77. The van der Waals surface area contributed by atoms with E-state index in [-0.39, 0.29) is 18.1 Å². The second kappa shape index (κ2) is 7.08. The molecule has 0 spiro atoms. The van der Waals surface area contributed by atoms with Crippen molar-refractivity contribution in [2.24, 2.45) is 5.92 Å².